The van der Waals surface area contributed by atoms with Crippen molar-refractivity contribution in [1.82, 2.24) is 14.5 Å². The second-order valence-electron chi connectivity index (χ2n) is 20.6. The fraction of sp³-hybridized carbons (Fsp3) is 0.213. The monoisotopic (exact) mass is 1060 g/mol. The van der Waals surface area contributed by atoms with Gasteiger partial charge in [-0.2, -0.15) is 0 Å². The van der Waals surface area contributed by atoms with Crippen LogP contribution in [-0.2, 0) is 37.3 Å². The molecule has 3 heterocycles. The predicted molar refractivity (Wildman–Crippen MR) is 275 cm³/mol. The number of hydrogen-bond acceptors (Lipinski definition) is 4. The Hall–Kier alpha value is -6.55. The molecule has 7 aromatic carbocycles. The first-order valence-corrected chi connectivity index (χ1v) is 22.7. The van der Waals surface area contributed by atoms with Crippen molar-refractivity contribution < 1.29 is 34.7 Å². The maximum Gasteiger partial charge on any atom is 0.148 e. The quantitative estimate of drug-likeness (QED) is 0.169. The van der Waals surface area contributed by atoms with E-state index in [1.54, 1.807) is 18.3 Å². The van der Waals surface area contributed by atoms with Gasteiger partial charge in [0.05, 0.1) is 27.9 Å². The van der Waals surface area contributed by atoms with Crippen molar-refractivity contribution in [1.29, 1.82) is 0 Å². The SMILES string of the molecule is [2H]C([2H])([2H])c1ccc(-c2ccnc(-c3[c-]c(-c4cccc5c4nc(-c4cc(C(C)(C)C)cc(C(C)(C)C)c4O)n5-c4ccc(C(C)(C)C)cc4-c4ccccc4)c4oc5ccccc5c4c3)c2)cc1.[Pt]. The van der Waals surface area contributed by atoms with E-state index in [2.05, 4.69) is 158 Å². The van der Waals surface area contributed by atoms with Crippen LogP contribution in [0.2, 0.25) is 0 Å². The molecule has 0 saturated carbocycles. The summed E-state index contributed by atoms with van der Waals surface area (Å²) in [6.45, 7) is 17.6. The Kier molecular flexibility index (Phi) is 10.6. The number of hydrogen-bond donors (Lipinski definition) is 1. The van der Waals surface area contributed by atoms with Crippen LogP contribution in [0.1, 0.15) is 88.7 Å². The van der Waals surface area contributed by atoms with Crippen LogP contribution in [0.5, 0.6) is 5.75 Å². The molecule has 5 nitrogen and oxygen atoms in total. The first-order valence-electron chi connectivity index (χ1n) is 24.2. The molecular formula is C61H56N3O2Pt-. The largest absolute Gasteiger partial charge is 0.507 e. The summed E-state index contributed by atoms with van der Waals surface area (Å²) in [5.41, 5.74) is 14.2. The molecule has 0 aliphatic carbocycles. The van der Waals surface area contributed by atoms with Crippen molar-refractivity contribution in [3.8, 4) is 67.5 Å². The van der Waals surface area contributed by atoms with Gasteiger partial charge in [0, 0.05) is 53.6 Å². The summed E-state index contributed by atoms with van der Waals surface area (Å²) in [4.78, 5) is 10.6. The third kappa shape index (κ3) is 8.33. The maximum atomic E-state index is 12.6. The first kappa shape index (κ1) is 41.8. The molecule has 0 spiro atoms. The number of nitrogens with zero attached hydrogens (tertiary/aromatic N) is 3. The van der Waals surface area contributed by atoms with E-state index in [1.165, 1.54) is 5.56 Å². The molecular weight excluding hydrogens is 1000 g/mol. The van der Waals surface area contributed by atoms with E-state index in [0.717, 1.165) is 83.1 Å². The van der Waals surface area contributed by atoms with E-state index in [1.807, 2.05) is 48.5 Å². The average Bonchev–Trinajstić information content (AvgIpc) is 3.89. The van der Waals surface area contributed by atoms with Crippen LogP contribution in [0.4, 0.5) is 0 Å². The maximum absolute atomic E-state index is 12.6. The average molecular weight is 1060 g/mol. The van der Waals surface area contributed by atoms with Gasteiger partial charge in [-0.1, -0.05) is 188 Å². The Morgan fingerprint density at radius 3 is 2.04 bits per heavy atom. The van der Waals surface area contributed by atoms with Gasteiger partial charge in [0.2, 0.25) is 0 Å². The standard InChI is InChI=1S/C61H56N3O2.Pt/c1-37-23-25-38(26-24-37)40-29-30-62-51(33-40)41-31-47-44-19-14-15-22-54(44)66-57(47)48(32-41)45-20-16-21-53-55(45)63-58(49-35-43(60(5,6)7)36-50(56(49)65)61(8,9)10)64(53)52-28-27-42(59(2,3)4)34-46(52)39-17-12-11-13-18-39;/h11-31,33-36,65H,1-10H3;/q-1;/i1D3;. The summed E-state index contributed by atoms with van der Waals surface area (Å²) < 4.78 is 32.7. The molecule has 338 valence electrons. The van der Waals surface area contributed by atoms with E-state index >= 15 is 0 Å². The van der Waals surface area contributed by atoms with E-state index in [0.29, 0.717) is 28.2 Å². The van der Waals surface area contributed by atoms with Gasteiger partial charge in [-0.25, -0.2) is 4.98 Å². The number of para-hydroxylation sites is 2. The molecule has 1 N–H and O–H groups in total. The molecule has 0 saturated heterocycles. The van der Waals surface area contributed by atoms with Crippen LogP contribution in [0.25, 0.3) is 94.7 Å². The number of aryl methyl sites for hydroxylation is 1. The number of phenols is 1. The summed E-state index contributed by atoms with van der Waals surface area (Å²) in [7, 11) is 0. The number of aromatic hydroxyl groups is 1. The second-order valence-corrected chi connectivity index (χ2v) is 20.6. The summed E-state index contributed by atoms with van der Waals surface area (Å²) in [6.07, 6.45) is 1.78. The van der Waals surface area contributed by atoms with Gasteiger partial charge < -0.3 is 9.52 Å². The number of furan rings is 1. The molecule has 0 bridgehead atoms. The van der Waals surface area contributed by atoms with E-state index in [9.17, 15) is 5.11 Å². The van der Waals surface area contributed by atoms with Crippen LogP contribution >= 0.6 is 0 Å². The number of pyridine rings is 1. The molecule has 0 radical (unpaired) electrons. The Morgan fingerprint density at radius 1 is 0.612 bits per heavy atom. The van der Waals surface area contributed by atoms with Crippen molar-refractivity contribution >= 4 is 33.0 Å². The molecule has 0 aliphatic heterocycles. The van der Waals surface area contributed by atoms with Crippen molar-refractivity contribution in [2.75, 3.05) is 0 Å². The molecule has 3 aromatic heterocycles. The molecule has 0 atom stereocenters. The number of benzene rings is 7. The topological polar surface area (TPSA) is 64.1 Å². The fourth-order valence-corrected chi connectivity index (χ4v) is 9.10. The minimum atomic E-state index is -2.19. The van der Waals surface area contributed by atoms with Gasteiger partial charge >= 0.3 is 0 Å². The Labute approximate surface area is 413 Å². The molecule has 67 heavy (non-hydrogen) atoms. The predicted octanol–water partition coefficient (Wildman–Crippen LogP) is 16.4. The minimum Gasteiger partial charge on any atom is -0.507 e. The molecule has 10 aromatic rings. The van der Waals surface area contributed by atoms with Crippen LogP contribution in [-0.4, -0.2) is 19.6 Å². The van der Waals surface area contributed by atoms with Gasteiger partial charge in [0.25, 0.3) is 0 Å². The Balaban J connectivity index is 0.00000608. The van der Waals surface area contributed by atoms with Crippen LogP contribution < -0.4 is 0 Å². The van der Waals surface area contributed by atoms with Crippen LogP contribution in [0.3, 0.4) is 0 Å². The van der Waals surface area contributed by atoms with Crippen molar-refractivity contribution in [3.63, 3.8) is 0 Å². The summed E-state index contributed by atoms with van der Waals surface area (Å²) in [5, 5.41) is 14.5. The van der Waals surface area contributed by atoms with Crippen molar-refractivity contribution in [2.45, 2.75) is 85.4 Å². The first-order chi connectivity index (χ1) is 32.6. The zero-order valence-corrected chi connectivity index (χ0v) is 41.7. The normalized spacial score (nSPS) is 13.1. The van der Waals surface area contributed by atoms with Gasteiger partial charge in [-0.3, -0.25) is 9.55 Å². The summed E-state index contributed by atoms with van der Waals surface area (Å²) in [6, 6.07) is 52.6. The van der Waals surface area contributed by atoms with Crippen molar-refractivity contribution in [3.05, 3.63) is 180 Å². The molecule has 0 aliphatic rings. The number of fused-ring (bicyclic) bond motifs is 4. The Bertz CT molecular complexity index is 3610. The van der Waals surface area contributed by atoms with E-state index in [-0.39, 0.29) is 43.1 Å². The molecule has 10 rings (SSSR count). The molecule has 6 heteroatoms. The van der Waals surface area contributed by atoms with Gasteiger partial charge in [-0.05, 0) is 92.7 Å². The number of rotatable bonds is 6. The zero-order chi connectivity index (χ0) is 48.8. The number of aromatic nitrogens is 3. The minimum absolute atomic E-state index is 0. The van der Waals surface area contributed by atoms with E-state index < -0.39 is 6.85 Å². The Morgan fingerprint density at radius 2 is 1.33 bits per heavy atom. The van der Waals surface area contributed by atoms with E-state index in [4.69, 9.17) is 18.5 Å². The number of imidazole rings is 1. The van der Waals surface area contributed by atoms with Crippen LogP contribution in [0.15, 0.2) is 156 Å². The smallest absolute Gasteiger partial charge is 0.148 e. The van der Waals surface area contributed by atoms with Gasteiger partial charge in [0.1, 0.15) is 17.2 Å². The molecule has 0 fully saturated rings. The fourth-order valence-electron chi connectivity index (χ4n) is 9.10. The van der Waals surface area contributed by atoms with Crippen molar-refractivity contribution in [2.24, 2.45) is 0 Å². The van der Waals surface area contributed by atoms with Gasteiger partial charge in [-0.15, -0.1) is 12.1 Å². The number of phenolic OH excluding ortho intramolecular Hbond substituents is 1. The van der Waals surface area contributed by atoms with Gasteiger partial charge in [0.15, 0.2) is 0 Å². The third-order valence-electron chi connectivity index (χ3n) is 12.8. The zero-order valence-electron chi connectivity index (χ0n) is 42.4. The summed E-state index contributed by atoms with van der Waals surface area (Å²) >= 11 is 0. The van der Waals surface area contributed by atoms with Crippen LogP contribution in [0, 0.1) is 12.9 Å². The second kappa shape index (κ2) is 17.0. The molecule has 0 unspecified atom stereocenters. The third-order valence-corrected chi connectivity index (χ3v) is 12.8. The summed E-state index contributed by atoms with van der Waals surface area (Å²) in [5.74, 6) is 0.816. The molecule has 0 amide bonds.